The first kappa shape index (κ1) is 16.2. The maximum Gasteiger partial charge on any atom is 0.413 e. The number of nitrogens with zero attached hydrogens (tertiary/aromatic N) is 2. The van der Waals surface area contributed by atoms with Gasteiger partial charge in [0, 0.05) is 31.4 Å². The van der Waals surface area contributed by atoms with Crippen molar-refractivity contribution >= 4 is 11.9 Å². The third kappa shape index (κ3) is 3.19. The van der Waals surface area contributed by atoms with Gasteiger partial charge in [0.2, 0.25) is 5.92 Å². The lowest BCUT2D eigenvalue weighted by Crippen LogP contribution is -2.34. The van der Waals surface area contributed by atoms with Gasteiger partial charge in [-0.05, 0) is 32.6 Å². The normalized spacial score (nSPS) is 21.0. The molecule has 1 N–H and O–H groups in total. The van der Waals surface area contributed by atoms with Crippen molar-refractivity contribution in [1.82, 2.24) is 9.78 Å². The zero-order valence-corrected chi connectivity index (χ0v) is 13.7. The van der Waals surface area contributed by atoms with Gasteiger partial charge in [-0.3, -0.25) is 10.00 Å². The van der Waals surface area contributed by atoms with Crippen molar-refractivity contribution in [3.05, 3.63) is 11.3 Å². The van der Waals surface area contributed by atoms with Crippen molar-refractivity contribution in [2.24, 2.45) is 7.05 Å². The third-order valence-corrected chi connectivity index (χ3v) is 4.67. The molecule has 2 aliphatic carbocycles. The van der Waals surface area contributed by atoms with E-state index in [-0.39, 0.29) is 24.9 Å². The summed E-state index contributed by atoms with van der Waals surface area (Å²) >= 11 is 0. The number of carbonyl (C=O) groups excluding carboxylic acids is 1. The number of aryl methyl sites for hydroxylation is 1. The summed E-state index contributed by atoms with van der Waals surface area (Å²) < 4.78 is 33.2. The van der Waals surface area contributed by atoms with Crippen molar-refractivity contribution < 1.29 is 18.3 Å². The first-order valence-corrected chi connectivity index (χ1v) is 8.19. The van der Waals surface area contributed by atoms with Crippen LogP contribution >= 0.6 is 0 Å². The summed E-state index contributed by atoms with van der Waals surface area (Å²) in [6, 6.07) is 0. The highest BCUT2D eigenvalue weighted by molar-refractivity contribution is 5.85. The van der Waals surface area contributed by atoms with E-state index < -0.39 is 12.0 Å². The molecule has 128 valence electrons. The molecule has 23 heavy (non-hydrogen) atoms. The molecule has 1 aromatic rings. The topological polar surface area (TPSA) is 56.1 Å². The highest BCUT2D eigenvalue weighted by Gasteiger charge is 2.49. The van der Waals surface area contributed by atoms with Gasteiger partial charge < -0.3 is 4.74 Å². The molecule has 5 nitrogen and oxygen atoms in total. The standard InChI is InChI=1S/C16H23F2N3O2/c1-9(2)23-15(22)19-14-12(10-5-4-6-10)13(20-21(14)3)11-7-16(17,18)8-11/h9-11H,4-8H2,1-3H3,(H,19,22). The Morgan fingerprint density at radius 1 is 1.35 bits per heavy atom. The highest BCUT2D eigenvalue weighted by Crippen LogP contribution is 2.52. The van der Waals surface area contributed by atoms with E-state index in [2.05, 4.69) is 10.4 Å². The molecule has 0 unspecified atom stereocenters. The zero-order chi connectivity index (χ0) is 16.8. The monoisotopic (exact) mass is 327 g/mol. The van der Waals surface area contributed by atoms with E-state index in [4.69, 9.17) is 4.74 Å². The molecule has 7 heteroatoms. The van der Waals surface area contributed by atoms with Gasteiger partial charge in [-0.2, -0.15) is 5.10 Å². The minimum Gasteiger partial charge on any atom is -0.447 e. The van der Waals surface area contributed by atoms with Crippen LogP contribution in [0.4, 0.5) is 19.4 Å². The summed E-state index contributed by atoms with van der Waals surface area (Å²) in [5, 5.41) is 7.20. The molecule has 0 saturated heterocycles. The molecular formula is C16H23F2N3O2. The van der Waals surface area contributed by atoms with E-state index >= 15 is 0 Å². The van der Waals surface area contributed by atoms with E-state index in [0.717, 1.165) is 30.5 Å². The van der Waals surface area contributed by atoms with E-state index in [1.54, 1.807) is 25.6 Å². The Hall–Kier alpha value is -1.66. The number of nitrogens with one attached hydrogen (secondary N) is 1. The molecule has 0 radical (unpaired) electrons. The molecular weight excluding hydrogens is 304 g/mol. The molecule has 0 atom stereocenters. The van der Waals surface area contributed by atoms with Crippen LogP contribution in [-0.2, 0) is 11.8 Å². The first-order valence-electron chi connectivity index (χ1n) is 8.19. The maximum atomic E-state index is 13.2. The molecule has 2 fully saturated rings. The quantitative estimate of drug-likeness (QED) is 0.903. The lowest BCUT2D eigenvalue weighted by molar-refractivity contribution is -0.0879. The Morgan fingerprint density at radius 3 is 2.48 bits per heavy atom. The second-order valence-electron chi connectivity index (χ2n) is 6.94. The smallest absolute Gasteiger partial charge is 0.413 e. The highest BCUT2D eigenvalue weighted by atomic mass is 19.3. The summed E-state index contributed by atoms with van der Waals surface area (Å²) in [6.07, 6.45) is 2.08. The average Bonchev–Trinajstić information content (AvgIpc) is 2.62. The number of ether oxygens (including phenoxy) is 1. The summed E-state index contributed by atoms with van der Waals surface area (Å²) in [5.74, 6) is -1.92. The van der Waals surface area contributed by atoms with Gasteiger partial charge >= 0.3 is 6.09 Å². The Labute approximate surface area is 134 Å². The number of amides is 1. The number of hydrogen-bond donors (Lipinski definition) is 1. The lowest BCUT2D eigenvalue weighted by Gasteiger charge is -2.36. The van der Waals surface area contributed by atoms with Gasteiger partial charge in [0.1, 0.15) is 5.82 Å². The van der Waals surface area contributed by atoms with Gasteiger partial charge in [-0.1, -0.05) is 6.42 Å². The molecule has 1 heterocycles. The van der Waals surface area contributed by atoms with E-state index in [1.807, 2.05) is 0 Å². The minimum absolute atomic E-state index is 0.153. The van der Waals surface area contributed by atoms with Crippen molar-refractivity contribution in [2.45, 2.75) is 69.8 Å². The number of anilines is 1. The van der Waals surface area contributed by atoms with Gasteiger partial charge in [0.15, 0.2) is 0 Å². The van der Waals surface area contributed by atoms with E-state index in [9.17, 15) is 13.6 Å². The van der Waals surface area contributed by atoms with Crippen molar-refractivity contribution in [3.8, 4) is 0 Å². The van der Waals surface area contributed by atoms with Crippen LogP contribution in [0.3, 0.4) is 0 Å². The minimum atomic E-state index is -2.58. The molecule has 2 aliphatic rings. The Bertz CT molecular complexity index is 601. The van der Waals surface area contributed by atoms with Crippen LogP contribution in [0.25, 0.3) is 0 Å². The van der Waals surface area contributed by atoms with Crippen LogP contribution < -0.4 is 5.32 Å². The lowest BCUT2D eigenvalue weighted by atomic mass is 9.73. The van der Waals surface area contributed by atoms with Crippen LogP contribution in [0.2, 0.25) is 0 Å². The van der Waals surface area contributed by atoms with Crippen LogP contribution in [0.15, 0.2) is 0 Å². The molecule has 1 amide bonds. The van der Waals surface area contributed by atoms with Gasteiger partial charge in [-0.15, -0.1) is 0 Å². The summed E-state index contributed by atoms with van der Waals surface area (Å²) in [7, 11) is 1.73. The second kappa shape index (κ2) is 5.76. The van der Waals surface area contributed by atoms with Gasteiger partial charge in [0.05, 0.1) is 11.8 Å². The van der Waals surface area contributed by atoms with Crippen molar-refractivity contribution in [1.29, 1.82) is 0 Å². The molecule has 2 saturated carbocycles. The fourth-order valence-electron chi connectivity index (χ4n) is 3.31. The molecule has 0 aliphatic heterocycles. The number of carbonyl (C=O) groups is 1. The molecule has 0 bridgehead atoms. The van der Waals surface area contributed by atoms with Crippen molar-refractivity contribution in [2.75, 3.05) is 5.32 Å². The summed E-state index contributed by atoms with van der Waals surface area (Å²) in [6.45, 7) is 3.55. The fraction of sp³-hybridized carbons (Fsp3) is 0.750. The molecule has 0 spiro atoms. The first-order chi connectivity index (χ1) is 10.8. The molecule has 0 aromatic carbocycles. The van der Waals surface area contributed by atoms with E-state index in [1.165, 1.54) is 0 Å². The number of hydrogen-bond acceptors (Lipinski definition) is 3. The largest absolute Gasteiger partial charge is 0.447 e. The fourth-order valence-corrected chi connectivity index (χ4v) is 3.31. The zero-order valence-electron chi connectivity index (χ0n) is 13.7. The van der Waals surface area contributed by atoms with Gasteiger partial charge in [-0.25, -0.2) is 13.6 Å². The summed E-state index contributed by atoms with van der Waals surface area (Å²) in [5.41, 5.74) is 1.66. The predicted octanol–water partition coefficient (Wildman–Crippen LogP) is 4.16. The molecule has 1 aromatic heterocycles. The summed E-state index contributed by atoms with van der Waals surface area (Å²) in [4.78, 5) is 11.9. The average molecular weight is 327 g/mol. The Balaban J connectivity index is 1.86. The second-order valence-corrected chi connectivity index (χ2v) is 6.94. The van der Waals surface area contributed by atoms with Crippen molar-refractivity contribution in [3.63, 3.8) is 0 Å². The number of aromatic nitrogens is 2. The number of halogens is 2. The third-order valence-electron chi connectivity index (χ3n) is 4.67. The van der Waals surface area contributed by atoms with Crippen LogP contribution in [0.1, 0.15) is 69.0 Å². The number of rotatable bonds is 4. The Morgan fingerprint density at radius 2 is 2.00 bits per heavy atom. The number of alkyl halides is 2. The van der Waals surface area contributed by atoms with E-state index in [0.29, 0.717) is 11.7 Å². The predicted molar refractivity (Wildman–Crippen MR) is 82.0 cm³/mol. The van der Waals surface area contributed by atoms with Gasteiger partial charge in [0.25, 0.3) is 0 Å². The SMILES string of the molecule is CC(C)OC(=O)Nc1c(C2CCC2)c(C2CC(F)(F)C2)nn1C. The van der Waals surface area contributed by atoms with Crippen LogP contribution in [-0.4, -0.2) is 27.9 Å². The maximum absolute atomic E-state index is 13.2. The molecule has 3 rings (SSSR count). The Kier molecular flexibility index (Phi) is 4.06. The van der Waals surface area contributed by atoms with Crippen LogP contribution in [0, 0.1) is 0 Å². The van der Waals surface area contributed by atoms with Crippen LogP contribution in [0.5, 0.6) is 0 Å².